The van der Waals surface area contributed by atoms with Gasteiger partial charge in [0, 0.05) is 55.9 Å². The zero-order valence-corrected chi connectivity index (χ0v) is 13.9. The molecule has 0 atom stereocenters. The van der Waals surface area contributed by atoms with Crippen LogP contribution in [-0.2, 0) is 7.05 Å². The highest BCUT2D eigenvalue weighted by molar-refractivity contribution is 5.96. The zero-order valence-electron chi connectivity index (χ0n) is 13.9. The first-order valence-corrected chi connectivity index (χ1v) is 8.22. The van der Waals surface area contributed by atoms with Crippen LogP contribution in [0.5, 0.6) is 0 Å². The minimum absolute atomic E-state index is 0.107. The fraction of sp³-hybridized carbons (Fsp3) is 0.278. The quantitative estimate of drug-likeness (QED) is 0.774. The molecule has 1 amide bonds. The SMILES string of the molecule is Cn1cc(-c2ccc(C(=O)N3CCNCC3)nn2)c2cc(F)ccc21. The van der Waals surface area contributed by atoms with Gasteiger partial charge in [-0.05, 0) is 30.3 Å². The Balaban J connectivity index is 1.66. The van der Waals surface area contributed by atoms with Crippen molar-refractivity contribution >= 4 is 16.8 Å². The molecule has 128 valence electrons. The number of benzene rings is 1. The number of rotatable bonds is 2. The van der Waals surface area contributed by atoms with Gasteiger partial charge in [0.15, 0.2) is 5.69 Å². The number of aromatic nitrogens is 3. The number of fused-ring (bicyclic) bond motifs is 1. The molecule has 6 nitrogen and oxygen atoms in total. The topological polar surface area (TPSA) is 63.1 Å². The van der Waals surface area contributed by atoms with Gasteiger partial charge in [0.1, 0.15) is 5.82 Å². The molecule has 0 spiro atoms. The van der Waals surface area contributed by atoms with Crippen molar-refractivity contribution in [2.45, 2.75) is 0 Å². The van der Waals surface area contributed by atoms with Gasteiger partial charge in [-0.3, -0.25) is 4.79 Å². The predicted octanol–water partition coefficient (Wildman–Crippen LogP) is 1.82. The second-order valence-electron chi connectivity index (χ2n) is 6.16. The van der Waals surface area contributed by atoms with Gasteiger partial charge in [-0.2, -0.15) is 0 Å². The molecule has 3 heterocycles. The monoisotopic (exact) mass is 339 g/mol. The summed E-state index contributed by atoms with van der Waals surface area (Å²) in [4.78, 5) is 14.2. The molecular weight excluding hydrogens is 321 g/mol. The number of piperazine rings is 1. The van der Waals surface area contributed by atoms with Crippen molar-refractivity contribution in [3.8, 4) is 11.3 Å². The number of nitrogens with one attached hydrogen (secondary N) is 1. The first kappa shape index (κ1) is 15.7. The third-order valence-electron chi connectivity index (χ3n) is 4.52. The molecule has 1 aromatic carbocycles. The van der Waals surface area contributed by atoms with Gasteiger partial charge in [-0.15, -0.1) is 10.2 Å². The molecule has 1 fully saturated rings. The number of aryl methyl sites for hydroxylation is 1. The Morgan fingerprint density at radius 3 is 2.68 bits per heavy atom. The molecule has 1 aliphatic rings. The Hall–Kier alpha value is -2.80. The molecule has 1 aliphatic heterocycles. The summed E-state index contributed by atoms with van der Waals surface area (Å²) in [6, 6.07) is 8.12. The summed E-state index contributed by atoms with van der Waals surface area (Å²) in [5.74, 6) is -0.400. The van der Waals surface area contributed by atoms with E-state index in [-0.39, 0.29) is 11.7 Å². The fourth-order valence-electron chi connectivity index (χ4n) is 3.19. The number of hydrogen-bond acceptors (Lipinski definition) is 4. The molecule has 0 saturated carbocycles. The lowest BCUT2D eigenvalue weighted by atomic mass is 10.1. The summed E-state index contributed by atoms with van der Waals surface area (Å²) in [6.07, 6.45) is 1.89. The number of nitrogens with zero attached hydrogens (tertiary/aromatic N) is 4. The van der Waals surface area contributed by atoms with E-state index in [4.69, 9.17) is 0 Å². The van der Waals surface area contributed by atoms with Crippen molar-refractivity contribution in [3.05, 3.63) is 48.0 Å². The van der Waals surface area contributed by atoms with Crippen LogP contribution in [0.3, 0.4) is 0 Å². The van der Waals surface area contributed by atoms with Crippen molar-refractivity contribution in [2.75, 3.05) is 26.2 Å². The van der Waals surface area contributed by atoms with Crippen LogP contribution in [0, 0.1) is 5.82 Å². The number of amides is 1. The van der Waals surface area contributed by atoms with Crippen molar-refractivity contribution in [2.24, 2.45) is 7.05 Å². The Labute approximate surface area is 144 Å². The van der Waals surface area contributed by atoms with Crippen LogP contribution < -0.4 is 5.32 Å². The van der Waals surface area contributed by atoms with Gasteiger partial charge < -0.3 is 14.8 Å². The van der Waals surface area contributed by atoms with Gasteiger partial charge in [0.05, 0.1) is 5.69 Å². The number of hydrogen-bond donors (Lipinski definition) is 1. The van der Waals surface area contributed by atoms with Crippen LogP contribution in [0.15, 0.2) is 36.5 Å². The molecule has 1 saturated heterocycles. The van der Waals surface area contributed by atoms with Crippen molar-refractivity contribution in [1.82, 2.24) is 25.0 Å². The zero-order chi connectivity index (χ0) is 17.4. The third kappa shape index (κ3) is 2.87. The Morgan fingerprint density at radius 1 is 1.16 bits per heavy atom. The molecule has 0 radical (unpaired) electrons. The van der Waals surface area contributed by atoms with E-state index in [1.807, 2.05) is 17.8 Å². The van der Waals surface area contributed by atoms with E-state index in [1.54, 1.807) is 23.1 Å². The first-order chi connectivity index (χ1) is 12.1. The molecule has 3 aromatic rings. The van der Waals surface area contributed by atoms with Crippen molar-refractivity contribution in [1.29, 1.82) is 0 Å². The summed E-state index contributed by atoms with van der Waals surface area (Å²) in [6.45, 7) is 2.92. The largest absolute Gasteiger partial charge is 0.350 e. The number of halogens is 1. The normalized spacial score (nSPS) is 14.9. The molecule has 25 heavy (non-hydrogen) atoms. The molecule has 0 aliphatic carbocycles. The Morgan fingerprint density at radius 2 is 1.96 bits per heavy atom. The summed E-state index contributed by atoms with van der Waals surface area (Å²) in [5, 5.41) is 12.3. The van der Waals surface area contributed by atoms with Gasteiger partial charge in [-0.1, -0.05) is 0 Å². The molecule has 7 heteroatoms. The van der Waals surface area contributed by atoms with Crippen LogP contribution in [0.25, 0.3) is 22.2 Å². The molecule has 1 N–H and O–H groups in total. The highest BCUT2D eigenvalue weighted by atomic mass is 19.1. The maximum Gasteiger partial charge on any atom is 0.274 e. The van der Waals surface area contributed by atoms with Crippen LogP contribution >= 0.6 is 0 Å². The lowest BCUT2D eigenvalue weighted by Crippen LogP contribution is -2.46. The van der Waals surface area contributed by atoms with E-state index in [0.717, 1.165) is 29.6 Å². The lowest BCUT2D eigenvalue weighted by Gasteiger charge is -2.26. The molecule has 2 aromatic heterocycles. The van der Waals surface area contributed by atoms with E-state index in [9.17, 15) is 9.18 Å². The van der Waals surface area contributed by atoms with Crippen LogP contribution in [0.2, 0.25) is 0 Å². The highest BCUT2D eigenvalue weighted by Gasteiger charge is 2.20. The Bertz CT molecular complexity index is 929. The standard InChI is InChI=1S/C18H18FN5O/c1-23-11-14(13-10-12(19)2-5-17(13)23)15-3-4-16(22-21-15)18(25)24-8-6-20-7-9-24/h2-5,10-11,20H,6-9H2,1H3. The van der Waals surface area contributed by atoms with Crippen LogP contribution in [-0.4, -0.2) is 51.8 Å². The van der Waals surface area contributed by atoms with Gasteiger partial charge >= 0.3 is 0 Å². The molecule has 4 rings (SSSR count). The van der Waals surface area contributed by atoms with Gasteiger partial charge in [0.2, 0.25) is 0 Å². The van der Waals surface area contributed by atoms with Gasteiger partial charge in [0.25, 0.3) is 5.91 Å². The first-order valence-electron chi connectivity index (χ1n) is 8.22. The molecule has 0 unspecified atom stereocenters. The van der Waals surface area contributed by atoms with E-state index in [0.29, 0.717) is 24.5 Å². The maximum atomic E-state index is 13.6. The second-order valence-corrected chi connectivity index (χ2v) is 6.16. The summed E-state index contributed by atoms with van der Waals surface area (Å²) < 4.78 is 15.5. The molecular formula is C18H18FN5O. The number of carbonyl (C=O) groups excluding carboxylic acids is 1. The second kappa shape index (κ2) is 6.25. The summed E-state index contributed by atoms with van der Waals surface area (Å²) in [7, 11) is 1.90. The third-order valence-corrected chi connectivity index (χ3v) is 4.52. The van der Waals surface area contributed by atoms with Crippen LogP contribution in [0.4, 0.5) is 4.39 Å². The van der Waals surface area contributed by atoms with Crippen LogP contribution in [0.1, 0.15) is 10.5 Å². The van der Waals surface area contributed by atoms with E-state index < -0.39 is 0 Å². The van der Waals surface area contributed by atoms with Crippen molar-refractivity contribution < 1.29 is 9.18 Å². The van der Waals surface area contributed by atoms with E-state index in [1.165, 1.54) is 12.1 Å². The Kier molecular flexibility index (Phi) is 3.93. The summed E-state index contributed by atoms with van der Waals surface area (Å²) in [5.41, 5.74) is 2.66. The lowest BCUT2D eigenvalue weighted by molar-refractivity contribution is 0.0728. The highest BCUT2D eigenvalue weighted by Crippen LogP contribution is 2.29. The average molecular weight is 339 g/mol. The number of carbonyl (C=O) groups is 1. The minimum atomic E-state index is -0.293. The fourth-order valence-corrected chi connectivity index (χ4v) is 3.19. The van der Waals surface area contributed by atoms with Crippen molar-refractivity contribution in [3.63, 3.8) is 0 Å². The predicted molar refractivity (Wildman–Crippen MR) is 92.7 cm³/mol. The van der Waals surface area contributed by atoms with E-state index in [2.05, 4.69) is 15.5 Å². The molecule has 0 bridgehead atoms. The average Bonchev–Trinajstić information content (AvgIpc) is 2.98. The smallest absolute Gasteiger partial charge is 0.274 e. The minimum Gasteiger partial charge on any atom is -0.350 e. The maximum absolute atomic E-state index is 13.6. The van der Waals surface area contributed by atoms with E-state index >= 15 is 0 Å². The summed E-state index contributed by atoms with van der Waals surface area (Å²) >= 11 is 0. The van der Waals surface area contributed by atoms with Gasteiger partial charge in [-0.25, -0.2) is 4.39 Å².